The molecule has 0 aliphatic carbocycles. The lowest BCUT2D eigenvalue weighted by Crippen LogP contribution is -2.47. The number of rotatable bonds is 9. The van der Waals surface area contributed by atoms with E-state index in [1.807, 2.05) is 4.90 Å². The van der Waals surface area contributed by atoms with Gasteiger partial charge in [0, 0.05) is 45.5 Å². The van der Waals surface area contributed by atoms with Gasteiger partial charge in [-0.2, -0.15) is 14.6 Å². The topological polar surface area (TPSA) is 125 Å². The van der Waals surface area contributed by atoms with Crippen molar-refractivity contribution in [3.8, 4) is 17.3 Å². The summed E-state index contributed by atoms with van der Waals surface area (Å²) < 4.78 is 66.5. The molecule has 4 aromatic heterocycles. The maximum atomic E-state index is 8.86. The van der Waals surface area contributed by atoms with E-state index in [4.69, 9.17) is 23.1 Å². The van der Waals surface area contributed by atoms with Crippen molar-refractivity contribution in [3.63, 3.8) is 0 Å². The molecule has 1 fully saturated rings. The molecular formula is C25H29N9O3. The van der Waals surface area contributed by atoms with Crippen LogP contribution in [0, 0.1) is 0 Å². The summed E-state index contributed by atoms with van der Waals surface area (Å²) in [5, 5.41) is 9.20. The summed E-state index contributed by atoms with van der Waals surface area (Å²) in [5.74, 6) is 1.01. The molecule has 2 N–H and O–H groups in total. The van der Waals surface area contributed by atoms with Crippen LogP contribution >= 0.6 is 0 Å². The molecule has 0 spiro atoms. The Morgan fingerprint density at radius 3 is 2.65 bits per heavy atom. The number of ether oxygens (including phenoxy) is 2. The van der Waals surface area contributed by atoms with Crippen LogP contribution in [-0.2, 0) is 11.2 Å². The van der Waals surface area contributed by atoms with Crippen molar-refractivity contribution in [2.24, 2.45) is 0 Å². The third kappa shape index (κ3) is 4.68. The van der Waals surface area contributed by atoms with Crippen molar-refractivity contribution in [1.82, 2.24) is 34.3 Å². The van der Waals surface area contributed by atoms with Gasteiger partial charge in [0.15, 0.2) is 17.1 Å². The number of furan rings is 1. The van der Waals surface area contributed by atoms with Crippen LogP contribution < -0.4 is 15.4 Å². The highest BCUT2D eigenvalue weighted by Gasteiger charge is 2.20. The Balaban J connectivity index is 1.13. The van der Waals surface area contributed by atoms with Crippen molar-refractivity contribution < 1.29 is 22.1 Å². The highest BCUT2D eigenvalue weighted by atomic mass is 16.5. The molecule has 0 radical (unpaired) electrons. The molecule has 0 bridgehead atoms. The van der Waals surface area contributed by atoms with Gasteiger partial charge in [0.25, 0.3) is 0 Å². The molecule has 0 atom stereocenters. The van der Waals surface area contributed by atoms with Gasteiger partial charge in [-0.25, -0.2) is 9.67 Å². The van der Waals surface area contributed by atoms with Crippen LogP contribution in [0.1, 0.15) is 8.22 Å². The number of methoxy groups -OCH3 is 1. The second kappa shape index (κ2) is 10.1. The summed E-state index contributed by atoms with van der Waals surface area (Å²) in [4.78, 5) is 13.1. The van der Waals surface area contributed by atoms with Crippen LogP contribution in [0.2, 0.25) is 0 Å². The lowest BCUT2D eigenvalue weighted by atomic mass is 10.2. The van der Waals surface area contributed by atoms with Crippen LogP contribution in [0.4, 0.5) is 11.6 Å². The number of anilines is 2. The highest BCUT2D eigenvalue weighted by Crippen LogP contribution is 2.24. The Kier molecular flexibility index (Phi) is 4.71. The fraction of sp³-hybridized carbons (Fsp3) is 0.360. The summed E-state index contributed by atoms with van der Waals surface area (Å²) in [6, 6.07) is 10.2. The first kappa shape index (κ1) is 17.3. The van der Waals surface area contributed by atoms with Gasteiger partial charge >= 0.3 is 0 Å². The molecule has 37 heavy (non-hydrogen) atoms. The molecule has 0 saturated carbocycles. The molecule has 1 aromatic carbocycles. The predicted octanol–water partition coefficient (Wildman–Crippen LogP) is 2.16. The molecule has 192 valence electrons. The predicted molar refractivity (Wildman–Crippen MR) is 139 cm³/mol. The monoisotopic (exact) mass is 509 g/mol. The molecule has 0 amide bonds. The zero-order valence-corrected chi connectivity index (χ0v) is 20.0. The van der Waals surface area contributed by atoms with Gasteiger partial charge < -0.3 is 24.5 Å². The highest BCUT2D eigenvalue weighted by molar-refractivity contribution is 5.90. The minimum Gasteiger partial charge on any atom is -0.491 e. The summed E-state index contributed by atoms with van der Waals surface area (Å²) >= 11 is 0. The van der Waals surface area contributed by atoms with Crippen molar-refractivity contribution in [3.05, 3.63) is 48.9 Å². The number of aromatic nitrogens is 6. The molecule has 5 aromatic rings. The van der Waals surface area contributed by atoms with Crippen LogP contribution in [-0.4, -0.2) is 87.2 Å². The second-order valence-electron chi connectivity index (χ2n) is 8.34. The van der Waals surface area contributed by atoms with Crippen LogP contribution in [0.3, 0.4) is 0 Å². The van der Waals surface area contributed by atoms with Crippen molar-refractivity contribution in [1.29, 1.82) is 0 Å². The number of fused-ring (bicyclic) bond motifs is 3. The zero-order valence-electron chi connectivity index (χ0n) is 26.0. The van der Waals surface area contributed by atoms with Crippen LogP contribution in [0.15, 0.2) is 53.3 Å². The van der Waals surface area contributed by atoms with Gasteiger partial charge in [-0.05, 0) is 36.4 Å². The first-order valence-electron chi connectivity index (χ1n) is 14.6. The average molecular weight is 510 g/mol. The third-order valence-corrected chi connectivity index (χ3v) is 6.10. The molecule has 12 heteroatoms. The summed E-state index contributed by atoms with van der Waals surface area (Å²) in [7, 11) is 1.08. The first-order valence-corrected chi connectivity index (χ1v) is 11.6. The Morgan fingerprint density at radius 2 is 1.89 bits per heavy atom. The number of hydrogen-bond donors (Lipinski definition) is 1. The number of hydrogen-bond acceptors (Lipinski definition) is 10. The van der Waals surface area contributed by atoms with Gasteiger partial charge in [0.05, 0.1) is 39.1 Å². The van der Waals surface area contributed by atoms with E-state index in [1.165, 1.54) is 21.7 Å². The molecule has 1 aliphatic heterocycles. The Labute approximate surface area is 221 Å². The Morgan fingerprint density at radius 1 is 1.05 bits per heavy atom. The molecule has 0 unspecified atom stereocenters. The molecule has 6 rings (SSSR count). The smallest absolute Gasteiger partial charge is 0.225 e. The van der Waals surface area contributed by atoms with Gasteiger partial charge in [-0.3, -0.25) is 4.90 Å². The largest absolute Gasteiger partial charge is 0.491 e. The van der Waals surface area contributed by atoms with E-state index in [0.29, 0.717) is 48.8 Å². The summed E-state index contributed by atoms with van der Waals surface area (Å²) in [6.45, 7) is -4.71. The van der Waals surface area contributed by atoms with E-state index in [2.05, 4.69) is 29.8 Å². The van der Waals surface area contributed by atoms with E-state index in [-0.39, 0.29) is 23.9 Å². The minimum atomic E-state index is -2.68. The molecule has 5 heterocycles. The summed E-state index contributed by atoms with van der Waals surface area (Å²) in [5.41, 5.74) is 7.71. The number of nitrogens with two attached hydrogens (primary N) is 1. The quantitative estimate of drug-likeness (QED) is 0.316. The van der Waals surface area contributed by atoms with Crippen molar-refractivity contribution >= 4 is 28.3 Å². The molecule has 1 aliphatic rings. The zero-order chi connectivity index (χ0) is 30.6. The molecule has 1 saturated heterocycles. The molecular weight excluding hydrogens is 474 g/mol. The van der Waals surface area contributed by atoms with Crippen LogP contribution in [0.25, 0.3) is 28.3 Å². The lowest BCUT2D eigenvalue weighted by molar-refractivity contribution is 0.146. The SMILES string of the molecule is [2H]C([2H])(CN1CCN(c2ccc(OC([2H])([2H])C([2H])([2H])OC)cc2)CC1)n1ncc2c1nc(N)n1nc(-c3ccco3)nc21. The molecule has 12 nitrogen and oxygen atoms in total. The number of benzene rings is 1. The maximum absolute atomic E-state index is 8.86. The van der Waals surface area contributed by atoms with Crippen LogP contribution in [0.5, 0.6) is 5.75 Å². The standard InChI is InChI=1S/C25H29N9O3/c1-35-15-16-36-19-6-4-18(5-7-19)32-11-8-31(9-12-32)10-13-33-23-20(17-27-33)24-28-22(21-3-2-14-37-21)30-34(24)25(26)29-23/h2-7,14,17H,8-13,15-16H2,1H3,(H2,26,29)/i13D2,15D2,16D2. The lowest BCUT2D eigenvalue weighted by Gasteiger charge is -2.36. The van der Waals surface area contributed by atoms with E-state index in [0.717, 1.165) is 12.8 Å². The summed E-state index contributed by atoms with van der Waals surface area (Å²) in [6.07, 6.45) is 3.03. The van der Waals surface area contributed by atoms with E-state index in [1.54, 1.807) is 36.4 Å². The number of nitrogens with zero attached hydrogens (tertiary/aromatic N) is 8. The minimum absolute atomic E-state index is 0.0453. The van der Waals surface area contributed by atoms with E-state index >= 15 is 0 Å². The maximum Gasteiger partial charge on any atom is 0.225 e. The Bertz CT molecular complexity index is 1730. The normalized spacial score (nSPS) is 18.2. The van der Waals surface area contributed by atoms with Crippen molar-refractivity contribution in [2.75, 3.05) is 63.6 Å². The van der Waals surface area contributed by atoms with Crippen molar-refractivity contribution in [2.45, 2.75) is 6.50 Å². The van der Waals surface area contributed by atoms with E-state index in [9.17, 15) is 0 Å². The second-order valence-corrected chi connectivity index (χ2v) is 8.34. The van der Waals surface area contributed by atoms with E-state index < -0.39 is 19.6 Å². The van der Waals surface area contributed by atoms with Gasteiger partial charge in [-0.1, -0.05) is 0 Å². The average Bonchev–Trinajstić information content (AvgIpc) is 3.73. The third-order valence-electron chi connectivity index (χ3n) is 6.10. The van der Waals surface area contributed by atoms with Gasteiger partial charge in [0.2, 0.25) is 11.8 Å². The fourth-order valence-corrected chi connectivity index (χ4v) is 4.21. The fourth-order valence-electron chi connectivity index (χ4n) is 4.21. The Hall–Kier alpha value is -4.16. The number of nitrogen functional groups attached to an aromatic ring is 1. The first-order chi connectivity index (χ1) is 20.4. The van der Waals surface area contributed by atoms with Gasteiger partial charge in [0.1, 0.15) is 12.3 Å². The van der Waals surface area contributed by atoms with Gasteiger partial charge in [-0.15, -0.1) is 5.10 Å². The number of piperazine rings is 1.